The molecule has 1 N–H and O–H groups in total. The average molecular weight is 213 g/mol. The van der Waals surface area contributed by atoms with E-state index < -0.39 is 0 Å². The molecule has 15 heavy (non-hydrogen) atoms. The van der Waals surface area contributed by atoms with Crippen LogP contribution < -0.4 is 5.32 Å². The Hall–Kier alpha value is -0.650. The molecule has 0 radical (unpaired) electrons. The summed E-state index contributed by atoms with van der Waals surface area (Å²) in [5.41, 5.74) is 0. The summed E-state index contributed by atoms with van der Waals surface area (Å²) in [6.07, 6.45) is 1.06. The van der Waals surface area contributed by atoms with E-state index >= 15 is 0 Å². The van der Waals surface area contributed by atoms with Crippen LogP contribution in [-0.4, -0.2) is 68.3 Å². The van der Waals surface area contributed by atoms with Crippen LogP contribution >= 0.6 is 0 Å². The molecule has 0 aliphatic carbocycles. The van der Waals surface area contributed by atoms with Crippen molar-refractivity contribution in [1.29, 1.82) is 0 Å². The van der Waals surface area contributed by atoms with Gasteiger partial charge in [-0.15, -0.1) is 0 Å². The molecule has 0 atom stereocenters. The number of rotatable bonds is 4. The lowest BCUT2D eigenvalue weighted by atomic mass is 10.3. The van der Waals surface area contributed by atoms with Gasteiger partial charge in [-0.2, -0.15) is 0 Å². The molecule has 0 aromatic heterocycles. The highest BCUT2D eigenvalue weighted by molar-refractivity contribution is 5.79. The Labute approximate surface area is 90.4 Å². The number of hydrogen-bond acceptors (Lipinski definition) is 4. The first-order chi connectivity index (χ1) is 7.36. The molecule has 5 nitrogen and oxygen atoms in total. The highest BCUT2D eigenvalue weighted by Gasteiger charge is 2.19. The third-order valence-electron chi connectivity index (χ3n) is 2.94. The van der Waals surface area contributed by atoms with E-state index in [2.05, 4.69) is 10.2 Å². The minimum atomic E-state index is 0.233. The smallest absolute Gasteiger partial charge is 0.237 e. The lowest BCUT2D eigenvalue weighted by molar-refractivity contribution is -0.126. The van der Waals surface area contributed by atoms with E-state index in [1.54, 1.807) is 0 Å². The molecule has 0 bridgehead atoms. The number of morpholine rings is 1. The average Bonchev–Trinajstić information content (AvgIpc) is 2.66. The van der Waals surface area contributed by atoms with Gasteiger partial charge in [0.25, 0.3) is 0 Å². The van der Waals surface area contributed by atoms with Crippen molar-refractivity contribution in [3.05, 3.63) is 0 Å². The summed E-state index contributed by atoms with van der Waals surface area (Å²) in [6.45, 7) is 6.96. The maximum atomic E-state index is 11.3. The topological polar surface area (TPSA) is 44.8 Å². The summed E-state index contributed by atoms with van der Waals surface area (Å²) in [5.74, 6) is 0.233. The minimum absolute atomic E-state index is 0.233. The Bertz CT molecular complexity index is 217. The normalized spacial score (nSPS) is 23.7. The van der Waals surface area contributed by atoms with Crippen molar-refractivity contribution in [2.24, 2.45) is 0 Å². The molecule has 0 saturated carbocycles. The van der Waals surface area contributed by atoms with Gasteiger partial charge in [-0.25, -0.2) is 0 Å². The Kier molecular flexibility index (Phi) is 3.94. The first-order valence-corrected chi connectivity index (χ1v) is 5.65. The van der Waals surface area contributed by atoms with Crippen molar-refractivity contribution in [2.45, 2.75) is 6.42 Å². The molecule has 2 saturated heterocycles. The zero-order valence-electron chi connectivity index (χ0n) is 9.07. The van der Waals surface area contributed by atoms with Crippen molar-refractivity contribution in [1.82, 2.24) is 15.1 Å². The molecule has 2 fully saturated rings. The van der Waals surface area contributed by atoms with Crippen LogP contribution in [0.1, 0.15) is 6.42 Å². The van der Waals surface area contributed by atoms with Crippen LogP contribution in [0, 0.1) is 0 Å². The SMILES string of the molecule is O=C1CNCN1CCCN1CCOCC1. The minimum Gasteiger partial charge on any atom is -0.379 e. The number of nitrogens with one attached hydrogen (secondary N) is 1. The molecule has 2 rings (SSSR count). The molecular formula is C10H19N3O2. The van der Waals surface area contributed by atoms with Gasteiger partial charge in [0.15, 0.2) is 0 Å². The zero-order chi connectivity index (χ0) is 10.5. The summed E-state index contributed by atoms with van der Waals surface area (Å²) in [5, 5.41) is 3.05. The number of nitrogens with zero attached hydrogens (tertiary/aromatic N) is 2. The third-order valence-corrected chi connectivity index (χ3v) is 2.94. The maximum absolute atomic E-state index is 11.3. The molecule has 5 heteroatoms. The van der Waals surface area contributed by atoms with Crippen molar-refractivity contribution in [2.75, 3.05) is 52.6 Å². The van der Waals surface area contributed by atoms with Gasteiger partial charge in [0.2, 0.25) is 5.91 Å². The number of amides is 1. The lowest BCUT2D eigenvalue weighted by Gasteiger charge is -2.27. The molecule has 2 aliphatic heterocycles. The summed E-state index contributed by atoms with van der Waals surface area (Å²) in [4.78, 5) is 15.6. The van der Waals surface area contributed by atoms with E-state index in [9.17, 15) is 4.79 Å². The van der Waals surface area contributed by atoms with Crippen LogP contribution in [0.3, 0.4) is 0 Å². The van der Waals surface area contributed by atoms with E-state index in [-0.39, 0.29) is 5.91 Å². The van der Waals surface area contributed by atoms with Gasteiger partial charge in [0, 0.05) is 26.2 Å². The number of carbonyl (C=O) groups is 1. The van der Waals surface area contributed by atoms with E-state index in [1.807, 2.05) is 4.90 Å². The van der Waals surface area contributed by atoms with E-state index in [0.29, 0.717) is 6.54 Å². The number of ether oxygens (including phenoxy) is 1. The first kappa shape index (κ1) is 10.9. The van der Waals surface area contributed by atoms with Gasteiger partial charge >= 0.3 is 0 Å². The summed E-state index contributed by atoms with van der Waals surface area (Å²) in [6, 6.07) is 0. The molecule has 1 amide bonds. The second kappa shape index (κ2) is 5.44. The predicted octanol–water partition coefficient (Wildman–Crippen LogP) is -0.902. The first-order valence-electron chi connectivity index (χ1n) is 5.65. The van der Waals surface area contributed by atoms with Crippen LogP contribution in [0.2, 0.25) is 0 Å². The fourth-order valence-electron chi connectivity index (χ4n) is 2.01. The lowest BCUT2D eigenvalue weighted by Crippen LogP contribution is -2.38. The van der Waals surface area contributed by atoms with Crippen molar-refractivity contribution >= 4 is 5.91 Å². The number of hydrogen-bond donors (Lipinski definition) is 1. The highest BCUT2D eigenvalue weighted by Crippen LogP contribution is 2.01. The monoisotopic (exact) mass is 213 g/mol. The molecular weight excluding hydrogens is 194 g/mol. The zero-order valence-corrected chi connectivity index (χ0v) is 9.07. The van der Waals surface area contributed by atoms with E-state index in [1.165, 1.54) is 0 Å². The second-order valence-corrected chi connectivity index (χ2v) is 4.05. The highest BCUT2D eigenvalue weighted by atomic mass is 16.5. The fourth-order valence-corrected chi connectivity index (χ4v) is 2.01. The van der Waals surface area contributed by atoms with Gasteiger partial charge in [-0.1, -0.05) is 0 Å². The summed E-state index contributed by atoms with van der Waals surface area (Å²) in [7, 11) is 0. The molecule has 0 spiro atoms. The second-order valence-electron chi connectivity index (χ2n) is 4.05. The van der Waals surface area contributed by atoms with Crippen molar-refractivity contribution in [3.8, 4) is 0 Å². The van der Waals surface area contributed by atoms with Gasteiger partial charge in [0.05, 0.1) is 26.4 Å². The number of carbonyl (C=O) groups excluding carboxylic acids is 1. The molecule has 0 unspecified atom stereocenters. The standard InChI is InChI=1S/C10H19N3O2/c14-10-8-11-9-13(10)3-1-2-12-4-6-15-7-5-12/h11H,1-9H2. The largest absolute Gasteiger partial charge is 0.379 e. The molecule has 86 valence electrons. The Morgan fingerprint density at radius 3 is 2.73 bits per heavy atom. The Morgan fingerprint density at radius 1 is 1.27 bits per heavy atom. The van der Waals surface area contributed by atoms with Crippen LogP contribution in [0.4, 0.5) is 0 Å². The molecule has 0 aromatic carbocycles. The summed E-state index contributed by atoms with van der Waals surface area (Å²) < 4.78 is 5.28. The van der Waals surface area contributed by atoms with Gasteiger partial charge in [-0.3, -0.25) is 15.0 Å². The Balaban J connectivity index is 1.59. The van der Waals surface area contributed by atoms with Gasteiger partial charge in [-0.05, 0) is 6.42 Å². The maximum Gasteiger partial charge on any atom is 0.237 e. The fraction of sp³-hybridized carbons (Fsp3) is 0.900. The van der Waals surface area contributed by atoms with E-state index in [0.717, 1.165) is 52.5 Å². The summed E-state index contributed by atoms with van der Waals surface area (Å²) >= 11 is 0. The van der Waals surface area contributed by atoms with Gasteiger partial charge < -0.3 is 9.64 Å². The van der Waals surface area contributed by atoms with E-state index in [4.69, 9.17) is 4.74 Å². The molecule has 2 aliphatic rings. The van der Waals surface area contributed by atoms with Crippen molar-refractivity contribution in [3.63, 3.8) is 0 Å². The van der Waals surface area contributed by atoms with Crippen LogP contribution in [0.5, 0.6) is 0 Å². The third kappa shape index (κ3) is 3.15. The predicted molar refractivity (Wildman–Crippen MR) is 56.5 cm³/mol. The van der Waals surface area contributed by atoms with Crippen LogP contribution in [-0.2, 0) is 9.53 Å². The quantitative estimate of drug-likeness (QED) is 0.657. The Morgan fingerprint density at radius 2 is 2.07 bits per heavy atom. The van der Waals surface area contributed by atoms with Crippen LogP contribution in [0.25, 0.3) is 0 Å². The van der Waals surface area contributed by atoms with Crippen molar-refractivity contribution < 1.29 is 9.53 Å². The van der Waals surface area contributed by atoms with Gasteiger partial charge in [0.1, 0.15) is 0 Å². The van der Waals surface area contributed by atoms with Crippen LogP contribution in [0.15, 0.2) is 0 Å². The molecule has 0 aromatic rings. The molecule has 2 heterocycles.